The fraction of sp³-hybridized carbons (Fsp3) is 0.286. The summed E-state index contributed by atoms with van der Waals surface area (Å²) in [4.78, 5) is 0. The van der Waals surface area contributed by atoms with E-state index in [0.29, 0.717) is 0 Å². The Kier molecular flexibility index (Phi) is 3.11. The third-order valence-electron chi connectivity index (χ3n) is 3.06. The van der Waals surface area contributed by atoms with Crippen molar-refractivity contribution in [3.63, 3.8) is 0 Å². The number of aliphatic hydroxyl groups excluding tert-OH is 1. The van der Waals surface area contributed by atoms with Gasteiger partial charge in [0.1, 0.15) is 0 Å². The molecule has 84 valence electrons. The Morgan fingerprint density at radius 3 is 2.38 bits per heavy atom. The number of rotatable bonds is 3. The smallest absolute Gasteiger partial charge is 0.0832 e. The summed E-state index contributed by atoms with van der Waals surface area (Å²) in [6, 6.07) is 10.3. The summed E-state index contributed by atoms with van der Waals surface area (Å²) in [5, 5.41) is 9.20. The van der Waals surface area contributed by atoms with Crippen LogP contribution < -0.4 is 0 Å². The van der Waals surface area contributed by atoms with Crippen LogP contribution in [-0.4, -0.2) is 9.67 Å². The molecule has 1 aromatic heterocycles. The Morgan fingerprint density at radius 1 is 1.06 bits per heavy atom. The molecular formula is C14H17NO. The summed E-state index contributed by atoms with van der Waals surface area (Å²) >= 11 is 0. The van der Waals surface area contributed by atoms with Gasteiger partial charge in [0.05, 0.1) is 6.61 Å². The van der Waals surface area contributed by atoms with Gasteiger partial charge in [-0.1, -0.05) is 18.2 Å². The summed E-state index contributed by atoms with van der Waals surface area (Å²) in [6.07, 6.45) is 2.01. The van der Waals surface area contributed by atoms with Gasteiger partial charge in [-0.05, 0) is 42.7 Å². The Morgan fingerprint density at radius 2 is 1.75 bits per heavy atom. The molecule has 0 unspecified atom stereocenters. The molecule has 0 bridgehead atoms. The molecule has 1 N–H and O–H groups in total. The molecule has 0 spiro atoms. The molecule has 2 nitrogen and oxygen atoms in total. The van der Waals surface area contributed by atoms with E-state index >= 15 is 0 Å². The molecule has 2 heteroatoms. The molecule has 0 radical (unpaired) electrons. The number of aryl methyl sites for hydroxylation is 2. The highest BCUT2D eigenvalue weighted by Gasteiger charge is 2.05. The topological polar surface area (TPSA) is 25.2 Å². The molecule has 0 aliphatic carbocycles. The monoisotopic (exact) mass is 215 g/mol. The first-order valence-electron chi connectivity index (χ1n) is 5.52. The van der Waals surface area contributed by atoms with Crippen LogP contribution in [0.3, 0.4) is 0 Å². The van der Waals surface area contributed by atoms with E-state index in [9.17, 15) is 5.11 Å². The molecule has 2 rings (SSSR count). The van der Waals surface area contributed by atoms with Crippen molar-refractivity contribution in [2.24, 2.45) is 0 Å². The van der Waals surface area contributed by atoms with E-state index in [0.717, 1.165) is 12.2 Å². The van der Waals surface area contributed by atoms with E-state index in [1.165, 1.54) is 16.7 Å². The minimum Gasteiger partial charge on any atom is -0.390 e. The molecule has 0 saturated heterocycles. The minimum atomic E-state index is 0.0952. The van der Waals surface area contributed by atoms with Crippen LogP contribution in [0.2, 0.25) is 0 Å². The third-order valence-corrected chi connectivity index (χ3v) is 3.06. The van der Waals surface area contributed by atoms with Crippen molar-refractivity contribution in [2.45, 2.75) is 27.0 Å². The van der Waals surface area contributed by atoms with Crippen LogP contribution in [0, 0.1) is 13.8 Å². The Hall–Kier alpha value is -1.54. The second-order valence-corrected chi connectivity index (χ2v) is 4.16. The van der Waals surface area contributed by atoms with E-state index in [1.807, 2.05) is 18.3 Å². The summed E-state index contributed by atoms with van der Waals surface area (Å²) in [7, 11) is 0. The first kappa shape index (κ1) is 11.0. The van der Waals surface area contributed by atoms with Gasteiger partial charge in [-0.3, -0.25) is 0 Å². The van der Waals surface area contributed by atoms with Crippen LogP contribution in [0.5, 0.6) is 0 Å². The first-order chi connectivity index (χ1) is 7.72. The third kappa shape index (κ3) is 2.02. The lowest BCUT2D eigenvalue weighted by atomic mass is 10.0. The van der Waals surface area contributed by atoms with Crippen molar-refractivity contribution in [2.75, 3.05) is 0 Å². The van der Waals surface area contributed by atoms with Gasteiger partial charge in [-0.25, -0.2) is 0 Å². The van der Waals surface area contributed by atoms with Crippen molar-refractivity contribution >= 4 is 0 Å². The standard InChI is InChI=1S/C14H17NO/c1-11-5-3-6-12(2)14(11)9-15-8-4-7-13(15)10-16/h3-8,16H,9-10H2,1-2H3. The van der Waals surface area contributed by atoms with Crippen LogP contribution in [0.25, 0.3) is 0 Å². The number of aromatic nitrogens is 1. The van der Waals surface area contributed by atoms with Gasteiger partial charge < -0.3 is 9.67 Å². The predicted molar refractivity (Wildman–Crippen MR) is 65.4 cm³/mol. The molecule has 0 atom stereocenters. The van der Waals surface area contributed by atoms with Crippen molar-refractivity contribution in [1.82, 2.24) is 4.57 Å². The van der Waals surface area contributed by atoms with Crippen molar-refractivity contribution in [3.8, 4) is 0 Å². The van der Waals surface area contributed by atoms with Crippen LogP contribution in [-0.2, 0) is 13.2 Å². The fourth-order valence-electron chi connectivity index (χ4n) is 2.02. The molecular weight excluding hydrogens is 198 g/mol. The zero-order chi connectivity index (χ0) is 11.5. The molecule has 1 aromatic carbocycles. The van der Waals surface area contributed by atoms with Crippen LogP contribution in [0.15, 0.2) is 36.5 Å². The lowest BCUT2D eigenvalue weighted by molar-refractivity contribution is 0.271. The van der Waals surface area contributed by atoms with Crippen molar-refractivity contribution < 1.29 is 5.11 Å². The minimum absolute atomic E-state index is 0.0952. The highest BCUT2D eigenvalue weighted by Crippen LogP contribution is 2.16. The lowest BCUT2D eigenvalue weighted by Crippen LogP contribution is -2.05. The van der Waals surface area contributed by atoms with Gasteiger partial charge in [-0.15, -0.1) is 0 Å². The molecule has 2 aromatic rings. The Labute approximate surface area is 96.2 Å². The van der Waals surface area contributed by atoms with E-state index in [1.54, 1.807) is 0 Å². The molecule has 0 saturated carbocycles. The van der Waals surface area contributed by atoms with E-state index in [2.05, 4.69) is 36.6 Å². The summed E-state index contributed by atoms with van der Waals surface area (Å²) in [6.45, 7) is 5.19. The maximum Gasteiger partial charge on any atom is 0.0832 e. The largest absolute Gasteiger partial charge is 0.390 e. The van der Waals surface area contributed by atoms with Gasteiger partial charge in [-0.2, -0.15) is 0 Å². The highest BCUT2D eigenvalue weighted by atomic mass is 16.3. The maximum absolute atomic E-state index is 9.20. The van der Waals surface area contributed by atoms with Crippen molar-refractivity contribution in [1.29, 1.82) is 0 Å². The summed E-state index contributed by atoms with van der Waals surface area (Å²) in [5.74, 6) is 0. The van der Waals surface area contributed by atoms with Gasteiger partial charge in [0.25, 0.3) is 0 Å². The number of aliphatic hydroxyl groups is 1. The fourth-order valence-corrected chi connectivity index (χ4v) is 2.02. The Bertz CT molecular complexity index is 465. The maximum atomic E-state index is 9.20. The van der Waals surface area contributed by atoms with Crippen LogP contribution in [0.1, 0.15) is 22.4 Å². The second-order valence-electron chi connectivity index (χ2n) is 4.16. The van der Waals surface area contributed by atoms with Crippen molar-refractivity contribution in [3.05, 3.63) is 58.9 Å². The normalized spacial score (nSPS) is 10.7. The van der Waals surface area contributed by atoms with Gasteiger partial charge >= 0.3 is 0 Å². The molecule has 0 fully saturated rings. The predicted octanol–water partition coefficient (Wildman–Crippen LogP) is 2.65. The number of hydrogen-bond acceptors (Lipinski definition) is 1. The average molecular weight is 215 g/mol. The van der Waals surface area contributed by atoms with E-state index < -0.39 is 0 Å². The van der Waals surface area contributed by atoms with Crippen LogP contribution in [0.4, 0.5) is 0 Å². The number of nitrogens with zero attached hydrogens (tertiary/aromatic N) is 1. The molecule has 1 heterocycles. The average Bonchev–Trinajstić information content (AvgIpc) is 2.71. The lowest BCUT2D eigenvalue weighted by Gasteiger charge is -2.12. The molecule has 0 amide bonds. The molecule has 0 aliphatic heterocycles. The van der Waals surface area contributed by atoms with E-state index in [4.69, 9.17) is 0 Å². The van der Waals surface area contributed by atoms with Gasteiger partial charge in [0.15, 0.2) is 0 Å². The summed E-state index contributed by atoms with van der Waals surface area (Å²) in [5.41, 5.74) is 4.91. The SMILES string of the molecule is Cc1cccc(C)c1Cn1cccc1CO. The summed E-state index contributed by atoms with van der Waals surface area (Å²) < 4.78 is 2.09. The van der Waals surface area contributed by atoms with Gasteiger partial charge in [0.2, 0.25) is 0 Å². The molecule has 0 aliphatic rings. The first-order valence-corrected chi connectivity index (χ1v) is 5.52. The van der Waals surface area contributed by atoms with E-state index in [-0.39, 0.29) is 6.61 Å². The quantitative estimate of drug-likeness (QED) is 0.836. The zero-order valence-electron chi connectivity index (χ0n) is 9.77. The van der Waals surface area contributed by atoms with Crippen LogP contribution >= 0.6 is 0 Å². The zero-order valence-corrected chi connectivity index (χ0v) is 9.77. The number of hydrogen-bond donors (Lipinski definition) is 1. The second kappa shape index (κ2) is 4.54. The highest BCUT2D eigenvalue weighted by molar-refractivity contribution is 5.34. The molecule has 16 heavy (non-hydrogen) atoms. The number of benzene rings is 1. The Balaban J connectivity index is 2.34. The van der Waals surface area contributed by atoms with Gasteiger partial charge in [0, 0.05) is 18.4 Å².